The van der Waals surface area contributed by atoms with Crippen LogP contribution in [0.4, 0.5) is 5.82 Å². The van der Waals surface area contributed by atoms with Crippen LogP contribution in [0, 0.1) is 0 Å². The highest BCUT2D eigenvalue weighted by molar-refractivity contribution is 5.41. The molecule has 4 nitrogen and oxygen atoms in total. The lowest BCUT2D eigenvalue weighted by Crippen LogP contribution is -2.35. The summed E-state index contributed by atoms with van der Waals surface area (Å²) < 4.78 is 0. The van der Waals surface area contributed by atoms with Gasteiger partial charge in [0.05, 0.1) is 5.69 Å². The van der Waals surface area contributed by atoms with Crippen LogP contribution in [-0.2, 0) is 6.54 Å². The molecule has 4 heteroatoms. The summed E-state index contributed by atoms with van der Waals surface area (Å²) in [7, 11) is 0. The van der Waals surface area contributed by atoms with Gasteiger partial charge >= 0.3 is 0 Å². The van der Waals surface area contributed by atoms with E-state index in [9.17, 15) is 0 Å². The number of hydrogen-bond acceptors (Lipinski definition) is 4. The fraction of sp³-hybridized carbons (Fsp3) is 0.714. The maximum atomic E-state index is 4.40. The van der Waals surface area contributed by atoms with E-state index in [1.54, 1.807) is 0 Å². The lowest BCUT2D eigenvalue weighted by Gasteiger charge is -2.28. The number of rotatable bonds is 5. The maximum Gasteiger partial charge on any atom is 0.151 e. The normalized spacial score (nSPS) is 23.6. The molecular weight excluding hydrogens is 224 g/mol. The molecular formula is C14H24N4. The van der Waals surface area contributed by atoms with Crippen LogP contribution in [-0.4, -0.2) is 28.8 Å². The van der Waals surface area contributed by atoms with Crippen molar-refractivity contribution in [1.29, 1.82) is 0 Å². The highest BCUT2D eigenvalue weighted by Gasteiger charge is 2.30. The summed E-state index contributed by atoms with van der Waals surface area (Å²) in [6, 6.07) is 5.42. The molecule has 0 spiro atoms. The predicted octanol–water partition coefficient (Wildman–Crippen LogP) is 2.35. The van der Waals surface area contributed by atoms with Gasteiger partial charge in [-0.1, -0.05) is 13.8 Å². The largest absolute Gasteiger partial charge is 0.349 e. The molecule has 1 aliphatic rings. The first-order chi connectivity index (χ1) is 8.76. The summed E-state index contributed by atoms with van der Waals surface area (Å²) >= 11 is 0. The summed E-state index contributed by atoms with van der Waals surface area (Å²) in [4.78, 5) is 2.43. The molecule has 18 heavy (non-hydrogen) atoms. The minimum atomic E-state index is 0.587. The minimum Gasteiger partial charge on any atom is -0.349 e. The topological polar surface area (TPSA) is 41.0 Å². The van der Waals surface area contributed by atoms with Gasteiger partial charge in [-0.2, -0.15) is 5.10 Å². The quantitative estimate of drug-likeness (QED) is 0.868. The number of nitrogens with one attached hydrogen (secondary N) is 1. The Hall–Kier alpha value is -1.16. The van der Waals surface area contributed by atoms with Gasteiger partial charge in [-0.15, -0.1) is 5.10 Å². The standard InChI is InChI=1S/C14H24N4/c1-4-13-8-6-11(3)18(13)14-9-7-12(16-17-14)10-15-5-2/h7,9,11,13,15H,4-6,8,10H2,1-3H3. The summed E-state index contributed by atoms with van der Waals surface area (Å²) in [5, 5.41) is 12.0. The molecule has 0 aromatic carbocycles. The zero-order valence-electron chi connectivity index (χ0n) is 11.7. The Balaban J connectivity index is 2.08. The van der Waals surface area contributed by atoms with Crippen LogP contribution in [0.1, 0.15) is 45.7 Å². The molecule has 100 valence electrons. The predicted molar refractivity (Wildman–Crippen MR) is 74.7 cm³/mol. The van der Waals surface area contributed by atoms with Crippen LogP contribution < -0.4 is 10.2 Å². The van der Waals surface area contributed by atoms with E-state index in [1.165, 1.54) is 19.3 Å². The Labute approximate surface area is 110 Å². The van der Waals surface area contributed by atoms with Gasteiger partial charge in [0.15, 0.2) is 5.82 Å². The zero-order valence-corrected chi connectivity index (χ0v) is 11.7. The number of hydrogen-bond donors (Lipinski definition) is 1. The first-order valence-electron chi connectivity index (χ1n) is 7.07. The average molecular weight is 248 g/mol. The summed E-state index contributed by atoms with van der Waals surface area (Å²) in [5.74, 6) is 1.03. The van der Waals surface area contributed by atoms with Crippen molar-refractivity contribution in [2.24, 2.45) is 0 Å². The first kappa shape index (κ1) is 13.3. The molecule has 2 atom stereocenters. The molecule has 1 aliphatic heterocycles. The van der Waals surface area contributed by atoms with E-state index >= 15 is 0 Å². The Morgan fingerprint density at radius 3 is 2.72 bits per heavy atom. The van der Waals surface area contributed by atoms with E-state index in [0.29, 0.717) is 12.1 Å². The second-order valence-electron chi connectivity index (χ2n) is 5.06. The van der Waals surface area contributed by atoms with E-state index in [2.05, 4.69) is 53.3 Å². The zero-order chi connectivity index (χ0) is 13.0. The average Bonchev–Trinajstić information content (AvgIpc) is 2.78. The number of aromatic nitrogens is 2. The minimum absolute atomic E-state index is 0.587. The van der Waals surface area contributed by atoms with E-state index in [0.717, 1.165) is 24.6 Å². The third-order valence-electron chi connectivity index (χ3n) is 3.78. The Morgan fingerprint density at radius 1 is 1.28 bits per heavy atom. The molecule has 0 amide bonds. The van der Waals surface area contributed by atoms with Crippen molar-refractivity contribution in [3.63, 3.8) is 0 Å². The smallest absolute Gasteiger partial charge is 0.151 e. The van der Waals surface area contributed by atoms with Gasteiger partial charge in [-0.25, -0.2) is 0 Å². The van der Waals surface area contributed by atoms with Crippen LogP contribution in [0.2, 0.25) is 0 Å². The lowest BCUT2D eigenvalue weighted by molar-refractivity contribution is 0.614. The SMILES string of the molecule is CCNCc1ccc(N2C(C)CCC2CC)nn1. The summed E-state index contributed by atoms with van der Waals surface area (Å²) in [5.41, 5.74) is 1.01. The van der Waals surface area contributed by atoms with Crippen molar-refractivity contribution in [3.8, 4) is 0 Å². The summed E-state index contributed by atoms with van der Waals surface area (Å²) in [6.07, 6.45) is 3.73. The van der Waals surface area contributed by atoms with Crippen molar-refractivity contribution in [2.45, 2.75) is 58.7 Å². The first-order valence-corrected chi connectivity index (χ1v) is 7.07. The highest BCUT2D eigenvalue weighted by atomic mass is 15.3. The molecule has 0 bridgehead atoms. The Morgan fingerprint density at radius 2 is 2.11 bits per heavy atom. The van der Waals surface area contributed by atoms with Gasteiger partial charge in [0.2, 0.25) is 0 Å². The maximum absolute atomic E-state index is 4.40. The van der Waals surface area contributed by atoms with Crippen LogP contribution in [0.15, 0.2) is 12.1 Å². The molecule has 1 aromatic heterocycles. The van der Waals surface area contributed by atoms with Crippen LogP contribution in [0.25, 0.3) is 0 Å². The fourth-order valence-corrected chi connectivity index (χ4v) is 2.72. The molecule has 1 N–H and O–H groups in total. The third kappa shape index (κ3) is 2.80. The molecule has 1 fully saturated rings. The molecule has 0 saturated carbocycles. The van der Waals surface area contributed by atoms with Gasteiger partial charge in [-0.3, -0.25) is 0 Å². The molecule has 1 aromatic rings. The van der Waals surface area contributed by atoms with Gasteiger partial charge in [0, 0.05) is 18.6 Å². The number of nitrogens with zero attached hydrogens (tertiary/aromatic N) is 3. The van der Waals surface area contributed by atoms with Crippen molar-refractivity contribution in [1.82, 2.24) is 15.5 Å². The Kier molecular flexibility index (Phi) is 4.53. The lowest BCUT2D eigenvalue weighted by atomic mass is 10.1. The van der Waals surface area contributed by atoms with Crippen molar-refractivity contribution in [3.05, 3.63) is 17.8 Å². The van der Waals surface area contributed by atoms with E-state index in [4.69, 9.17) is 0 Å². The molecule has 1 saturated heterocycles. The molecule has 0 radical (unpaired) electrons. The summed E-state index contributed by atoms with van der Waals surface area (Å²) in [6.45, 7) is 8.40. The van der Waals surface area contributed by atoms with Gasteiger partial charge in [0.1, 0.15) is 0 Å². The highest BCUT2D eigenvalue weighted by Crippen LogP contribution is 2.30. The molecule has 2 unspecified atom stereocenters. The van der Waals surface area contributed by atoms with Crippen molar-refractivity contribution in [2.75, 3.05) is 11.4 Å². The monoisotopic (exact) mass is 248 g/mol. The molecule has 0 aliphatic carbocycles. The Bertz CT molecular complexity index is 363. The second-order valence-corrected chi connectivity index (χ2v) is 5.06. The van der Waals surface area contributed by atoms with Crippen molar-refractivity contribution >= 4 is 5.82 Å². The fourth-order valence-electron chi connectivity index (χ4n) is 2.72. The van der Waals surface area contributed by atoms with Crippen LogP contribution in [0.3, 0.4) is 0 Å². The van der Waals surface area contributed by atoms with Crippen LogP contribution in [0.5, 0.6) is 0 Å². The van der Waals surface area contributed by atoms with E-state index in [-0.39, 0.29) is 0 Å². The van der Waals surface area contributed by atoms with Gasteiger partial charge in [0.25, 0.3) is 0 Å². The van der Waals surface area contributed by atoms with E-state index in [1.807, 2.05) is 0 Å². The molecule has 2 heterocycles. The second kappa shape index (κ2) is 6.14. The van der Waals surface area contributed by atoms with Crippen LogP contribution >= 0.6 is 0 Å². The van der Waals surface area contributed by atoms with Gasteiger partial charge in [-0.05, 0) is 44.9 Å². The van der Waals surface area contributed by atoms with Crippen molar-refractivity contribution < 1.29 is 0 Å². The third-order valence-corrected chi connectivity index (χ3v) is 3.78. The van der Waals surface area contributed by atoms with E-state index < -0.39 is 0 Å². The molecule has 2 rings (SSSR count). The van der Waals surface area contributed by atoms with Gasteiger partial charge < -0.3 is 10.2 Å². The number of anilines is 1.